The molecule has 0 aliphatic carbocycles. The highest BCUT2D eigenvalue weighted by atomic mass is 35.5. The van der Waals surface area contributed by atoms with E-state index in [0.29, 0.717) is 23.0 Å². The molecule has 0 saturated heterocycles. The summed E-state index contributed by atoms with van der Waals surface area (Å²) in [4.78, 5) is 3.89. The van der Waals surface area contributed by atoms with Gasteiger partial charge in [-0.2, -0.15) is 8.78 Å². The average molecular weight is 370 g/mol. The van der Waals surface area contributed by atoms with Crippen molar-refractivity contribution < 1.29 is 13.5 Å². The van der Waals surface area contributed by atoms with Crippen LogP contribution in [0.4, 0.5) is 14.5 Å². The first-order valence-corrected chi connectivity index (χ1v) is 8.13. The summed E-state index contributed by atoms with van der Waals surface area (Å²) < 4.78 is 28.4. The van der Waals surface area contributed by atoms with E-state index in [9.17, 15) is 8.78 Å². The van der Waals surface area contributed by atoms with Crippen molar-refractivity contribution in [2.45, 2.75) is 40.2 Å². The van der Waals surface area contributed by atoms with Crippen LogP contribution in [-0.4, -0.2) is 17.3 Å². The lowest BCUT2D eigenvalue weighted by molar-refractivity contribution is -0.0504. The van der Waals surface area contributed by atoms with E-state index in [0.717, 1.165) is 23.1 Å². The van der Waals surface area contributed by atoms with Crippen molar-refractivity contribution in [3.8, 4) is 5.75 Å². The van der Waals surface area contributed by atoms with Gasteiger partial charge < -0.3 is 15.9 Å². The number of nitrogen functional groups attached to an aromatic ring is 1. The third kappa shape index (κ3) is 7.05. The van der Waals surface area contributed by atoms with E-state index < -0.39 is 6.61 Å². The summed E-state index contributed by atoms with van der Waals surface area (Å²) in [6.45, 7) is 2.83. The van der Waals surface area contributed by atoms with Crippen molar-refractivity contribution in [1.29, 1.82) is 5.41 Å². The Balaban J connectivity index is 0.000000257. The topological polar surface area (TPSA) is 72.0 Å². The maximum Gasteiger partial charge on any atom is 0.387 e. The maximum absolute atomic E-state index is 12.0. The lowest BCUT2D eigenvalue weighted by Gasteiger charge is -2.10. The second-order valence-corrected chi connectivity index (χ2v) is 5.83. The summed E-state index contributed by atoms with van der Waals surface area (Å²) in [7, 11) is 0. The van der Waals surface area contributed by atoms with Crippen LogP contribution < -0.4 is 10.5 Å². The SMILES string of the molecule is CC(=N)c1cnc(Cl)cc1C.CCCc1ccc(N)cc1OC(F)F. The number of aromatic nitrogens is 1. The molecule has 2 aromatic rings. The number of hydrogen-bond donors (Lipinski definition) is 2. The van der Waals surface area contributed by atoms with Crippen molar-refractivity contribution >= 4 is 23.0 Å². The van der Waals surface area contributed by atoms with Gasteiger partial charge in [-0.25, -0.2) is 4.98 Å². The van der Waals surface area contributed by atoms with E-state index in [1.807, 2.05) is 13.8 Å². The lowest BCUT2D eigenvalue weighted by Crippen LogP contribution is -2.05. The molecule has 4 nitrogen and oxygen atoms in total. The van der Waals surface area contributed by atoms with E-state index >= 15 is 0 Å². The Hall–Kier alpha value is -2.21. The number of ether oxygens (including phenoxy) is 1. The normalized spacial score (nSPS) is 10.2. The Labute approximate surface area is 151 Å². The number of nitrogens with one attached hydrogen (secondary N) is 1. The van der Waals surface area contributed by atoms with E-state index in [4.69, 9.17) is 22.7 Å². The largest absolute Gasteiger partial charge is 0.434 e. The summed E-state index contributed by atoms with van der Waals surface area (Å²) in [6, 6.07) is 6.59. The molecule has 1 heterocycles. The highest BCUT2D eigenvalue weighted by Gasteiger charge is 2.09. The summed E-state index contributed by atoms with van der Waals surface area (Å²) >= 11 is 5.64. The predicted octanol–water partition coefficient (Wildman–Crippen LogP) is 5.25. The number of aryl methyl sites for hydroxylation is 2. The Morgan fingerprint density at radius 2 is 2.04 bits per heavy atom. The number of rotatable bonds is 5. The molecule has 0 amide bonds. The van der Waals surface area contributed by atoms with Crippen molar-refractivity contribution in [2.24, 2.45) is 0 Å². The quantitative estimate of drug-likeness (QED) is 0.429. The molecule has 0 saturated carbocycles. The van der Waals surface area contributed by atoms with Gasteiger partial charge in [0.25, 0.3) is 0 Å². The Kier molecular flexibility index (Phi) is 8.28. The number of hydrogen-bond acceptors (Lipinski definition) is 4. The third-order valence-electron chi connectivity index (χ3n) is 3.31. The van der Waals surface area contributed by atoms with Gasteiger partial charge in [0.05, 0.1) is 0 Å². The molecule has 0 atom stereocenters. The lowest BCUT2D eigenvalue weighted by atomic mass is 10.1. The first kappa shape index (κ1) is 20.8. The van der Waals surface area contributed by atoms with Gasteiger partial charge in [0, 0.05) is 29.2 Å². The predicted molar refractivity (Wildman–Crippen MR) is 98.0 cm³/mol. The average Bonchev–Trinajstić information content (AvgIpc) is 2.50. The number of anilines is 1. The number of benzene rings is 1. The molecule has 0 aliphatic rings. The molecule has 3 N–H and O–H groups in total. The standard InChI is InChI=1S/C10H13F2NO.C8H9ClN2/c1-2-3-7-4-5-8(13)6-9(7)14-10(11)12;1-5-3-8(9)11-4-7(5)6(2)10/h4-6,10H,2-3,13H2,1H3;3-4,10H,1-2H3. The molecular formula is C18H22ClF2N3O. The number of nitrogens with zero attached hydrogens (tertiary/aromatic N) is 1. The fraction of sp³-hybridized carbons (Fsp3) is 0.333. The second kappa shape index (κ2) is 9.93. The van der Waals surface area contributed by atoms with E-state index in [1.165, 1.54) is 6.07 Å². The van der Waals surface area contributed by atoms with Crippen LogP contribution in [0.5, 0.6) is 5.75 Å². The smallest absolute Gasteiger partial charge is 0.387 e. The molecule has 0 spiro atoms. The molecule has 1 aromatic heterocycles. The summed E-state index contributed by atoms with van der Waals surface area (Å²) in [5.41, 5.74) is 9.04. The Morgan fingerprint density at radius 3 is 2.56 bits per heavy atom. The van der Waals surface area contributed by atoms with Gasteiger partial charge in [-0.05, 0) is 43.5 Å². The van der Waals surface area contributed by atoms with Gasteiger partial charge in [-0.15, -0.1) is 0 Å². The number of alkyl halides is 2. The molecule has 0 aliphatic heterocycles. The number of nitrogens with two attached hydrogens (primary N) is 1. The maximum atomic E-state index is 12.0. The minimum absolute atomic E-state index is 0.182. The fourth-order valence-electron chi connectivity index (χ4n) is 2.17. The van der Waals surface area contributed by atoms with Gasteiger partial charge in [0.2, 0.25) is 0 Å². The minimum atomic E-state index is -2.80. The van der Waals surface area contributed by atoms with Gasteiger partial charge in [-0.1, -0.05) is 31.0 Å². The van der Waals surface area contributed by atoms with Crippen LogP contribution in [-0.2, 0) is 6.42 Å². The van der Waals surface area contributed by atoms with Crippen molar-refractivity contribution in [2.75, 3.05) is 5.73 Å². The van der Waals surface area contributed by atoms with E-state index in [2.05, 4.69) is 9.72 Å². The van der Waals surface area contributed by atoms with Crippen molar-refractivity contribution in [1.82, 2.24) is 4.98 Å². The van der Waals surface area contributed by atoms with Crippen molar-refractivity contribution in [3.63, 3.8) is 0 Å². The first-order chi connectivity index (χ1) is 11.7. The number of pyridine rings is 1. The Morgan fingerprint density at radius 1 is 1.36 bits per heavy atom. The van der Waals surface area contributed by atoms with Gasteiger partial charge >= 0.3 is 6.61 Å². The molecule has 0 fully saturated rings. The Bertz CT molecular complexity index is 723. The summed E-state index contributed by atoms with van der Waals surface area (Å²) in [6.07, 6.45) is 3.21. The molecule has 0 radical (unpaired) electrons. The molecule has 25 heavy (non-hydrogen) atoms. The summed E-state index contributed by atoms with van der Waals surface area (Å²) in [5, 5.41) is 7.84. The molecule has 0 unspecified atom stereocenters. The van der Waals surface area contributed by atoms with Crippen LogP contribution in [0.1, 0.15) is 37.0 Å². The minimum Gasteiger partial charge on any atom is -0.434 e. The zero-order valence-corrected chi connectivity index (χ0v) is 15.2. The zero-order valence-electron chi connectivity index (χ0n) is 14.4. The van der Waals surface area contributed by atoms with Crippen LogP contribution in [0.3, 0.4) is 0 Å². The monoisotopic (exact) mass is 369 g/mol. The van der Waals surface area contributed by atoms with Gasteiger partial charge in [0.1, 0.15) is 10.9 Å². The molecule has 1 aromatic carbocycles. The van der Waals surface area contributed by atoms with Gasteiger partial charge in [0.15, 0.2) is 0 Å². The van der Waals surface area contributed by atoms with E-state index in [-0.39, 0.29) is 5.75 Å². The molecule has 0 bridgehead atoms. The van der Waals surface area contributed by atoms with Crippen LogP contribution in [0.25, 0.3) is 0 Å². The molecule has 2 rings (SSSR count). The van der Waals surface area contributed by atoms with Crippen LogP contribution in [0.2, 0.25) is 5.15 Å². The molecule has 7 heteroatoms. The number of halogens is 3. The highest BCUT2D eigenvalue weighted by molar-refractivity contribution is 6.29. The first-order valence-electron chi connectivity index (χ1n) is 7.75. The molecular weight excluding hydrogens is 348 g/mol. The molecule has 136 valence electrons. The van der Waals surface area contributed by atoms with E-state index in [1.54, 1.807) is 31.3 Å². The van der Waals surface area contributed by atoms with Crippen LogP contribution in [0, 0.1) is 12.3 Å². The van der Waals surface area contributed by atoms with Gasteiger partial charge in [-0.3, -0.25) is 0 Å². The second-order valence-electron chi connectivity index (χ2n) is 5.44. The zero-order chi connectivity index (χ0) is 19.0. The van der Waals surface area contributed by atoms with Crippen molar-refractivity contribution in [3.05, 3.63) is 52.3 Å². The van der Waals surface area contributed by atoms with Crippen LogP contribution in [0.15, 0.2) is 30.5 Å². The third-order valence-corrected chi connectivity index (χ3v) is 3.51. The highest BCUT2D eigenvalue weighted by Crippen LogP contribution is 2.24. The van der Waals surface area contributed by atoms with Crippen LogP contribution >= 0.6 is 11.6 Å². The fourth-order valence-corrected chi connectivity index (χ4v) is 2.38. The summed E-state index contributed by atoms with van der Waals surface area (Å²) in [5.74, 6) is 0.182.